The number of ether oxygens (including phenoxy) is 2. The van der Waals surface area contributed by atoms with Crippen molar-refractivity contribution >= 4 is 34.1 Å². The van der Waals surface area contributed by atoms with E-state index in [1.165, 1.54) is 43.2 Å². The zero-order valence-electron chi connectivity index (χ0n) is 16.8. The number of pyridine rings is 1. The molecule has 0 aliphatic heterocycles. The van der Waals surface area contributed by atoms with E-state index in [1.807, 2.05) is 0 Å². The molecule has 0 spiro atoms. The molecule has 6 nitrogen and oxygen atoms in total. The van der Waals surface area contributed by atoms with Crippen molar-refractivity contribution in [1.82, 2.24) is 4.57 Å². The summed E-state index contributed by atoms with van der Waals surface area (Å²) in [5, 5.41) is 2.59. The van der Waals surface area contributed by atoms with Gasteiger partial charge in [0, 0.05) is 30.3 Å². The van der Waals surface area contributed by atoms with Gasteiger partial charge in [0.1, 0.15) is 17.1 Å². The van der Waals surface area contributed by atoms with E-state index >= 15 is 0 Å². The number of nitrogens with zero attached hydrogens (tertiary/aromatic N) is 1. The van der Waals surface area contributed by atoms with Crippen molar-refractivity contribution in [1.29, 1.82) is 0 Å². The highest BCUT2D eigenvalue weighted by molar-refractivity contribution is 6.32. The molecule has 0 saturated carbocycles. The van der Waals surface area contributed by atoms with E-state index in [1.54, 1.807) is 6.92 Å². The molecule has 3 aromatic rings. The zero-order valence-corrected chi connectivity index (χ0v) is 17.5. The van der Waals surface area contributed by atoms with Gasteiger partial charge in [0.15, 0.2) is 0 Å². The van der Waals surface area contributed by atoms with Crippen LogP contribution in [-0.4, -0.2) is 24.7 Å². The van der Waals surface area contributed by atoms with Crippen LogP contribution in [0.4, 0.5) is 18.9 Å². The maximum absolute atomic E-state index is 13.1. The maximum atomic E-state index is 13.1. The van der Waals surface area contributed by atoms with Gasteiger partial charge in [-0.05, 0) is 25.1 Å². The van der Waals surface area contributed by atoms with E-state index in [9.17, 15) is 22.8 Å². The molecule has 0 aliphatic rings. The van der Waals surface area contributed by atoms with Crippen molar-refractivity contribution in [2.75, 3.05) is 19.5 Å². The SMILES string of the molecule is CCn1cc(C(=O)Nc2cc(OC)c(Cl)cc2OC)c(=O)c2cc(C(F)(F)F)ccc21. The normalized spacial score (nSPS) is 11.5. The molecule has 31 heavy (non-hydrogen) atoms. The Bertz CT molecular complexity index is 1220. The number of alkyl halides is 3. The Labute approximate surface area is 180 Å². The van der Waals surface area contributed by atoms with Crippen LogP contribution >= 0.6 is 11.6 Å². The van der Waals surface area contributed by atoms with Crippen molar-refractivity contribution in [2.24, 2.45) is 0 Å². The van der Waals surface area contributed by atoms with Crippen LogP contribution in [-0.2, 0) is 12.7 Å². The van der Waals surface area contributed by atoms with Crippen LogP contribution in [0.25, 0.3) is 10.9 Å². The fraction of sp³-hybridized carbons (Fsp3) is 0.238. The Morgan fingerprint density at radius 3 is 2.39 bits per heavy atom. The smallest absolute Gasteiger partial charge is 0.416 e. The third-order valence-corrected chi connectivity index (χ3v) is 5.01. The summed E-state index contributed by atoms with van der Waals surface area (Å²) in [5.74, 6) is -0.332. The summed E-state index contributed by atoms with van der Waals surface area (Å²) in [7, 11) is 2.76. The molecule has 0 bridgehead atoms. The predicted octanol–water partition coefficient (Wildman–Crippen LogP) is 4.96. The molecule has 2 aromatic carbocycles. The van der Waals surface area contributed by atoms with E-state index in [0.717, 1.165) is 12.1 Å². The molecule has 10 heteroatoms. The molecule has 0 radical (unpaired) electrons. The molecular formula is C21H18ClF3N2O4. The summed E-state index contributed by atoms with van der Waals surface area (Å²) in [6.07, 6.45) is -3.31. The largest absolute Gasteiger partial charge is 0.495 e. The molecular weight excluding hydrogens is 437 g/mol. The molecule has 0 fully saturated rings. The Morgan fingerprint density at radius 1 is 1.13 bits per heavy atom. The molecule has 0 atom stereocenters. The van der Waals surface area contributed by atoms with Crippen LogP contribution < -0.4 is 20.2 Å². The molecule has 3 rings (SSSR count). The fourth-order valence-electron chi connectivity index (χ4n) is 3.14. The number of benzene rings is 2. The maximum Gasteiger partial charge on any atom is 0.416 e. The van der Waals surface area contributed by atoms with E-state index in [4.69, 9.17) is 21.1 Å². The van der Waals surface area contributed by atoms with Crippen LogP contribution in [0.1, 0.15) is 22.8 Å². The summed E-state index contributed by atoms with van der Waals surface area (Å²) in [6, 6.07) is 5.72. The zero-order chi connectivity index (χ0) is 22.9. The minimum atomic E-state index is -4.62. The van der Waals surface area contributed by atoms with Crippen molar-refractivity contribution in [3.63, 3.8) is 0 Å². The van der Waals surface area contributed by atoms with E-state index < -0.39 is 23.1 Å². The number of carbonyl (C=O) groups is 1. The quantitative estimate of drug-likeness (QED) is 0.591. The van der Waals surface area contributed by atoms with Crippen molar-refractivity contribution < 1.29 is 27.4 Å². The fourth-order valence-corrected chi connectivity index (χ4v) is 3.38. The lowest BCUT2D eigenvalue weighted by atomic mass is 10.1. The Kier molecular flexibility index (Phi) is 6.17. The third kappa shape index (κ3) is 4.32. The number of nitrogens with one attached hydrogen (secondary N) is 1. The molecule has 1 amide bonds. The molecule has 164 valence electrons. The van der Waals surface area contributed by atoms with Crippen LogP contribution in [0.3, 0.4) is 0 Å². The first-order valence-electron chi connectivity index (χ1n) is 9.08. The van der Waals surface area contributed by atoms with Gasteiger partial charge in [-0.2, -0.15) is 13.2 Å². The second-order valence-corrected chi connectivity index (χ2v) is 6.94. The number of aromatic nitrogens is 1. The first-order valence-corrected chi connectivity index (χ1v) is 9.45. The first-order chi connectivity index (χ1) is 14.6. The second-order valence-electron chi connectivity index (χ2n) is 6.53. The van der Waals surface area contributed by atoms with Gasteiger partial charge in [-0.3, -0.25) is 9.59 Å². The van der Waals surface area contributed by atoms with Crippen LogP contribution in [0.5, 0.6) is 11.5 Å². The number of hydrogen-bond acceptors (Lipinski definition) is 4. The van der Waals surface area contributed by atoms with E-state index in [0.29, 0.717) is 12.1 Å². The summed E-state index contributed by atoms with van der Waals surface area (Å²) in [6.45, 7) is 2.08. The number of amides is 1. The number of halogens is 4. The van der Waals surface area contributed by atoms with Gasteiger partial charge in [0.2, 0.25) is 5.43 Å². The van der Waals surface area contributed by atoms with Gasteiger partial charge in [-0.1, -0.05) is 11.6 Å². The van der Waals surface area contributed by atoms with Crippen molar-refractivity contribution in [3.8, 4) is 11.5 Å². The van der Waals surface area contributed by atoms with Gasteiger partial charge in [0.25, 0.3) is 5.91 Å². The molecule has 1 heterocycles. The number of aryl methyl sites for hydroxylation is 1. The number of methoxy groups -OCH3 is 2. The standard InChI is InChI=1S/C21H18ClF3N2O4/c1-4-27-10-13(19(28)12-7-11(21(23,24)25)5-6-16(12)27)20(29)26-15-9-17(30-2)14(22)8-18(15)31-3/h5-10H,4H2,1-3H3,(H,26,29). The molecule has 0 aliphatic carbocycles. The van der Waals surface area contributed by atoms with Gasteiger partial charge in [0.05, 0.1) is 36.0 Å². The number of anilines is 1. The average molecular weight is 455 g/mol. The van der Waals surface area contributed by atoms with Crippen LogP contribution in [0.2, 0.25) is 5.02 Å². The highest BCUT2D eigenvalue weighted by Gasteiger charge is 2.31. The number of fused-ring (bicyclic) bond motifs is 1. The Hall–Kier alpha value is -3.20. The van der Waals surface area contributed by atoms with Crippen LogP contribution in [0.15, 0.2) is 41.3 Å². The lowest BCUT2D eigenvalue weighted by Crippen LogP contribution is -2.24. The first kappa shape index (κ1) is 22.5. The topological polar surface area (TPSA) is 69.6 Å². The monoisotopic (exact) mass is 454 g/mol. The molecule has 1 N–H and O–H groups in total. The molecule has 0 saturated heterocycles. The summed E-state index contributed by atoms with van der Waals surface area (Å²) < 4.78 is 51.3. The van der Waals surface area contributed by atoms with Gasteiger partial charge in [-0.25, -0.2) is 0 Å². The van der Waals surface area contributed by atoms with Gasteiger partial charge < -0.3 is 19.4 Å². The number of hydrogen-bond donors (Lipinski definition) is 1. The minimum Gasteiger partial charge on any atom is -0.495 e. The highest BCUT2D eigenvalue weighted by Crippen LogP contribution is 2.36. The van der Waals surface area contributed by atoms with E-state index in [-0.39, 0.29) is 33.2 Å². The second kappa shape index (κ2) is 8.50. The van der Waals surface area contributed by atoms with E-state index in [2.05, 4.69) is 5.32 Å². The summed E-state index contributed by atoms with van der Waals surface area (Å²) in [5.41, 5.74) is -1.63. The predicted molar refractivity (Wildman–Crippen MR) is 111 cm³/mol. The number of carbonyl (C=O) groups excluding carboxylic acids is 1. The number of rotatable bonds is 5. The third-order valence-electron chi connectivity index (χ3n) is 4.71. The highest BCUT2D eigenvalue weighted by atomic mass is 35.5. The van der Waals surface area contributed by atoms with Crippen molar-refractivity contribution in [3.05, 3.63) is 62.9 Å². The Morgan fingerprint density at radius 2 is 1.81 bits per heavy atom. The molecule has 0 unspecified atom stereocenters. The van der Waals surface area contributed by atoms with Gasteiger partial charge >= 0.3 is 6.18 Å². The lowest BCUT2D eigenvalue weighted by Gasteiger charge is -2.15. The van der Waals surface area contributed by atoms with Gasteiger partial charge in [-0.15, -0.1) is 0 Å². The summed E-state index contributed by atoms with van der Waals surface area (Å²) in [4.78, 5) is 25.8. The average Bonchev–Trinajstić information content (AvgIpc) is 2.74. The van der Waals surface area contributed by atoms with Crippen molar-refractivity contribution in [2.45, 2.75) is 19.6 Å². The molecule has 1 aromatic heterocycles. The van der Waals surface area contributed by atoms with Crippen LogP contribution in [0, 0.1) is 0 Å². The lowest BCUT2D eigenvalue weighted by molar-refractivity contribution is -0.137. The summed E-state index contributed by atoms with van der Waals surface area (Å²) >= 11 is 6.05. The minimum absolute atomic E-state index is 0.181. The Balaban J connectivity index is 2.13.